The van der Waals surface area contributed by atoms with E-state index in [1.54, 1.807) is 64.1 Å². The fraction of sp³-hybridized carbons (Fsp3) is 0.146. The third-order valence-electron chi connectivity index (χ3n) is 10.1. The molecule has 0 atom stereocenters. The minimum atomic E-state index is -3.55. The van der Waals surface area contributed by atoms with Gasteiger partial charge in [0.05, 0.1) is 17.3 Å². The van der Waals surface area contributed by atoms with E-state index in [0.717, 1.165) is 16.3 Å². The van der Waals surface area contributed by atoms with Gasteiger partial charge in [0.15, 0.2) is 0 Å². The van der Waals surface area contributed by atoms with Crippen molar-refractivity contribution in [2.24, 2.45) is 0 Å². The molecule has 0 bridgehead atoms. The number of rotatable bonds is 6. The minimum Gasteiger partial charge on any atom is -0.318 e. The summed E-state index contributed by atoms with van der Waals surface area (Å²) in [5, 5.41) is 1.55. The zero-order valence-electron chi connectivity index (χ0n) is 36.5. The maximum absolute atomic E-state index is 17.0. The number of pyridine rings is 2. The third-order valence-corrected chi connectivity index (χ3v) is 10.1. The molecule has 8 heteroatoms. The van der Waals surface area contributed by atoms with Crippen molar-refractivity contribution >= 4 is 50.6 Å². The molecule has 276 valence electrons. The quantitative estimate of drug-likeness (QED) is 0.123. The van der Waals surface area contributed by atoms with Crippen LogP contribution in [0, 0.1) is 25.8 Å². The Balaban J connectivity index is 0.00000529. The summed E-state index contributed by atoms with van der Waals surface area (Å²) in [6, 6.07) is 41.1. The second-order valence-electron chi connectivity index (χ2n) is 14.5. The Kier molecular flexibility index (Phi) is 7.59. The average molecular weight is 923 g/mol. The molecule has 0 unspecified atom stereocenters. The van der Waals surface area contributed by atoms with E-state index in [4.69, 9.17) is 8.22 Å². The SMILES string of the molecule is [2H]C([2H])([2H])c1cccc(C([2H])([2H])[2H])c1-c1ccccc1[N+]1=C=[N+](c2[c-]c(C(F)(F)c3[c-]c4c(cc3)c3ccncc3n4-c3cc(C(C)(C)C)ccn3)ccc2)c2ccccc21.[Pt+2]. The van der Waals surface area contributed by atoms with Crippen LogP contribution in [0.15, 0.2) is 134 Å². The summed E-state index contributed by atoms with van der Waals surface area (Å²) in [5.41, 5.74) is 3.34. The van der Waals surface area contributed by atoms with Gasteiger partial charge in [0.2, 0.25) is 5.69 Å². The molecule has 5 nitrogen and oxygen atoms in total. The molecule has 0 N–H and O–H groups in total. The first-order valence-corrected chi connectivity index (χ1v) is 17.8. The Labute approximate surface area is 347 Å². The van der Waals surface area contributed by atoms with Gasteiger partial charge in [0.25, 0.3) is 17.3 Å². The topological polar surface area (TPSA) is 36.7 Å². The molecule has 56 heavy (non-hydrogen) atoms. The van der Waals surface area contributed by atoms with E-state index in [9.17, 15) is 0 Å². The predicted octanol–water partition coefficient (Wildman–Crippen LogP) is 11.7. The van der Waals surface area contributed by atoms with Gasteiger partial charge in [0.1, 0.15) is 11.5 Å². The second-order valence-corrected chi connectivity index (χ2v) is 14.5. The van der Waals surface area contributed by atoms with E-state index in [-0.39, 0.29) is 54.4 Å². The molecule has 5 aromatic carbocycles. The maximum atomic E-state index is 17.0. The van der Waals surface area contributed by atoms with Crippen molar-refractivity contribution in [1.29, 1.82) is 0 Å². The van der Waals surface area contributed by atoms with Gasteiger partial charge in [-0.2, -0.15) is 24.3 Å². The van der Waals surface area contributed by atoms with Crippen molar-refractivity contribution in [1.82, 2.24) is 23.7 Å². The van der Waals surface area contributed by atoms with Gasteiger partial charge in [-0.15, -0.1) is 11.5 Å². The van der Waals surface area contributed by atoms with Crippen molar-refractivity contribution in [2.45, 2.75) is 45.8 Å². The number of halogens is 2. The molecule has 9 rings (SSSR count). The molecule has 0 amide bonds. The first-order valence-electron chi connectivity index (χ1n) is 20.8. The summed E-state index contributed by atoms with van der Waals surface area (Å²) >= 11 is 0. The molecular formula is C48H37F2N5Pt+2. The van der Waals surface area contributed by atoms with E-state index < -0.39 is 25.2 Å². The maximum Gasteiger partial charge on any atom is 2.00 e. The van der Waals surface area contributed by atoms with Crippen molar-refractivity contribution in [2.75, 3.05) is 0 Å². The van der Waals surface area contributed by atoms with Crippen molar-refractivity contribution in [3.05, 3.63) is 174 Å². The molecule has 1 aliphatic rings. The predicted molar refractivity (Wildman–Crippen MR) is 218 cm³/mol. The first kappa shape index (κ1) is 30.4. The molecule has 0 saturated heterocycles. The van der Waals surface area contributed by atoms with Gasteiger partial charge < -0.3 is 4.57 Å². The number of hydrogen-bond acceptors (Lipinski definition) is 2. The minimum absolute atomic E-state index is 0. The summed E-state index contributed by atoms with van der Waals surface area (Å²) in [6.45, 7) is 1.04. The van der Waals surface area contributed by atoms with E-state index >= 15 is 8.78 Å². The first-order chi connectivity index (χ1) is 28.9. The van der Waals surface area contributed by atoms with E-state index in [1.165, 1.54) is 36.4 Å². The number of aryl methyl sites for hydroxylation is 2. The summed E-state index contributed by atoms with van der Waals surface area (Å²) in [7, 11) is 0. The fourth-order valence-electron chi connectivity index (χ4n) is 7.27. The number of para-hydroxylation sites is 3. The van der Waals surface area contributed by atoms with Gasteiger partial charge in [-0.3, -0.25) is 4.98 Å². The van der Waals surface area contributed by atoms with E-state index in [2.05, 4.69) is 48.9 Å². The molecule has 3 aromatic heterocycles. The number of alkyl halides is 2. The van der Waals surface area contributed by atoms with Crippen LogP contribution in [-0.2, 0) is 32.4 Å². The summed E-state index contributed by atoms with van der Waals surface area (Å²) in [6.07, 6.45) is 5.09. The van der Waals surface area contributed by atoms with Crippen molar-refractivity contribution in [3.8, 4) is 16.9 Å². The van der Waals surface area contributed by atoms with Crippen LogP contribution >= 0.6 is 0 Å². The fourth-order valence-corrected chi connectivity index (χ4v) is 7.27. The molecule has 1 aliphatic heterocycles. The average Bonchev–Trinajstić information content (AvgIpc) is 3.79. The Morgan fingerprint density at radius 3 is 2.16 bits per heavy atom. The monoisotopic (exact) mass is 922 g/mol. The summed E-state index contributed by atoms with van der Waals surface area (Å²) in [5.74, 6) is -2.99. The van der Waals surface area contributed by atoms with E-state index in [1.807, 2.05) is 47.0 Å². The van der Waals surface area contributed by atoms with Crippen LogP contribution in [0.3, 0.4) is 0 Å². The number of fused-ring (bicyclic) bond motifs is 4. The van der Waals surface area contributed by atoms with Gasteiger partial charge in [-0.05, 0) is 75.6 Å². The standard InChI is InChI=1S/C48H37F2N5.Pt/c1-31-12-10-13-32(2)46(31)39-16-6-7-17-40(39)54-30-53(41-18-8-9-19-42(41)54)36-15-11-14-34(26-36)48(49,50)35-20-21-37-38-23-24-51-29-44(38)55(43(37)27-35)45-28-33(22-25-52-45)47(3,4)5;/h6-25,28-29H,1-5H3;/q;+2/i1D3,2D3;. The number of hydrogen-bond donors (Lipinski definition) is 0. The Morgan fingerprint density at radius 1 is 0.714 bits per heavy atom. The molecule has 0 radical (unpaired) electrons. The number of nitrogens with zero attached hydrogens (tertiary/aromatic N) is 5. The van der Waals surface area contributed by atoms with Gasteiger partial charge in [-0.1, -0.05) is 96.6 Å². The zero-order chi connectivity index (χ0) is 43.1. The largest absolute Gasteiger partial charge is 2.00 e. The molecule has 0 aliphatic carbocycles. The zero-order valence-corrected chi connectivity index (χ0v) is 32.8. The summed E-state index contributed by atoms with van der Waals surface area (Å²) in [4.78, 5) is 9.00. The van der Waals surface area contributed by atoms with Crippen molar-refractivity contribution in [3.63, 3.8) is 0 Å². The van der Waals surface area contributed by atoms with Crippen LogP contribution in [0.1, 0.15) is 56.8 Å². The number of aromatic nitrogens is 3. The molecule has 0 fully saturated rings. The van der Waals surface area contributed by atoms with Gasteiger partial charge >= 0.3 is 27.1 Å². The molecule has 4 heterocycles. The Morgan fingerprint density at radius 2 is 1.41 bits per heavy atom. The normalized spacial score (nSPS) is 14.7. The van der Waals surface area contributed by atoms with Crippen LogP contribution in [-0.4, -0.2) is 20.5 Å². The molecule has 8 aromatic rings. The Bertz CT molecular complexity index is 3110. The van der Waals surface area contributed by atoms with Crippen LogP contribution in [0.2, 0.25) is 0 Å². The molecule has 0 spiro atoms. The third kappa shape index (κ3) is 6.12. The molecular weight excluding hydrogens is 880 g/mol. The van der Waals surface area contributed by atoms with Crippen LogP contribution in [0.25, 0.3) is 38.8 Å². The van der Waals surface area contributed by atoms with Crippen LogP contribution in [0.5, 0.6) is 0 Å². The van der Waals surface area contributed by atoms with Crippen LogP contribution < -0.4 is 9.15 Å². The van der Waals surface area contributed by atoms with Gasteiger partial charge in [0, 0.05) is 38.8 Å². The second kappa shape index (κ2) is 14.0. The number of benzene rings is 5. The van der Waals surface area contributed by atoms with Gasteiger partial charge in [-0.25, -0.2) is 13.8 Å². The molecule has 0 saturated carbocycles. The smallest absolute Gasteiger partial charge is 0.318 e. The van der Waals surface area contributed by atoms with E-state index in [0.29, 0.717) is 39.5 Å². The van der Waals surface area contributed by atoms with Crippen molar-refractivity contribution < 1.29 is 38.1 Å². The summed E-state index contributed by atoms with van der Waals surface area (Å²) < 4.78 is 89.0. The Hall–Kier alpha value is -5.87. The van der Waals surface area contributed by atoms with Crippen LogP contribution in [0.4, 0.5) is 31.5 Å².